The van der Waals surface area contributed by atoms with E-state index >= 15 is 0 Å². The van der Waals surface area contributed by atoms with Crippen LogP contribution in [0.5, 0.6) is 0 Å². The highest BCUT2D eigenvalue weighted by Crippen LogP contribution is 1.82. The normalized spacial score (nSPS) is 8.45. The van der Waals surface area contributed by atoms with E-state index in [1.165, 1.54) is 0 Å². The van der Waals surface area contributed by atoms with Crippen LogP contribution >= 0.6 is 0 Å². The van der Waals surface area contributed by atoms with Gasteiger partial charge in [0.05, 0.1) is 0 Å². The molecule has 0 atom stereocenters. The summed E-state index contributed by atoms with van der Waals surface area (Å²) in [6.45, 7) is 1.84. The van der Waals surface area contributed by atoms with E-state index in [4.69, 9.17) is 10.6 Å². The molecule has 0 rings (SSSR count). The van der Waals surface area contributed by atoms with Crippen molar-refractivity contribution in [2.75, 3.05) is 0 Å². The minimum absolute atomic E-state index is 0.292. The third-order valence-electron chi connectivity index (χ3n) is 0.588. The van der Waals surface area contributed by atoms with Crippen molar-refractivity contribution in [1.29, 1.82) is 5.53 Å². The van der Waals surface area contributed by atoms with E-state index in [0.717, 1.165) is 12.8 Å². The van der Waals surface area contributed by atoms with E-state index in [2.05, 4.69) is 16.1 Å². The number of nitrogens with one attached hydrogen (secondary N) is 1. The third-order valence-corrected chi connectivity index (χ3v) is 0.588. The highest BCUT2D eigenvalue weighted by Gasteiger charge is 1.87. The van der Waals surface area contributed by atoms with Crippen molar-refractivity contribution in [2.45, 2.75) is 19.8 Å². The van der Waals surface area contributed by atoms with Crippen molar-refractivity contribution in [1.82, 2.24) is 0 Å². The summed E-state index contributed by atoms with van der Waals surface area (Å²) < 4.78 is 0. The fraction of sp³-hybridized carbons (Fsp3) is 0.600. The summed E-state index contributed by atoms with van der Waals surface area (Å²) in [6, 6.07) is 0. The molecule has 0 aromatic rings. The summed E-state index contributed by atoms with van der Waals surface area (Å²) >= 11 is 0. The largest absolute Gasteiger partial charge is 0.481 e. The van der Waals surface area contributed by atoms with Crippen molar-refractivity contribution in [3.8, 4) is 0 Å². The second kappa shape index (κ2) is 11.4. The molecule has 6 heteroatoms. The lowest BCUT2D eigenvalue weighted by Crippen LogP contribution is -1.90. The number of carboxylic acids is 1. The number of hydrogen-bond donors (Lipinski definition) is 3. The van der Waals surface area contributed by atoms with Gasteiger partial charge < -0.3 is 10.9 Å². The van der Waals surface area contributed by atoms with E-state index in [9.17, 15) is 4.79 Å². The van der Waals surface area contributed by atoms with Crippen LogP contribution in [0.2, 0.25) is 0 Å². The minimum Gasteiger partial charge on any atom is -0.481 e. The minimum atomic E-state index is -0.711. The Kier molecular flexibility index (Phi) is 12.6. The van der Waals surface area contributed by atoms with Crippen LogP contribution in [0.4, 0.5) is 0 Å². The summed E-state index contributed by atoms with van der Waals surface area (Å²) in [4.78, 5) is 9.60. The van der Waals surface area contributed by atoms with Crippen LogP contribution in [0, 0.1) is 5.53 Å². The van der Waals surface area contributed by atoms with Gasteiger partial charge in [-0.15, -0.1) is 5.11 Å². The molecule has 0 amide bonds. The van der Waals surface area contributed by atoms with Crippen LogP contribution in [-0.4, -0.2) is 17.4 Å². The smallest absolute Gasteiger partial charge is 0.303 e. The van der Waals surface area contributed by atoms with Crippen LogP contribution in [-0.2, 0) is 4.79 Å². The molecule has 11 heavy (non-hydrogen) atoms. The molecule has 0 aromatic carbocycles. The maximum absolute atomic E-state index is 9.60. The molecule has 0 radical (unpaired) electrons. The van der Waals surface area contributed by atoms with Crippen molar-refractivity contribution in [2.24, 2.45) is 16.1 Å². The number of rotatable bonds is 3. The number of nitrogens with two attached hydrogens (primary N) is 1. The zero-order valence-electron chi connectivity index (χ0n) is 6.32. The molecule has 0 heterocycles. The molecule has 0 saturated carbocycles. The van der Waals surface area contributed by atoms with Crippen LogP contribution in [0.3, 0.4) is 0 Å². The molecule has 6 nitrogen and oxygen atoms in total. The first kappa shape index (κ1) is 12.2. The van der Waals surface area contributed by atoms with Gasteiger partial charge in [-0.25, -0.2) is 5.53 Å². The molecule has 0 spiro atoms. The van der Waals surface area contributed by atoms with Crippen molar-refractivity contribution in [3.05, 3.63) is 0 Å². The predicted octanol–water partition coefficient (Wildman–Crippen LogP) is 0.790. The van der Waals surface area contributed by atoms with Gasteiger partial charge in [0.2, 0.25) is 0 Å². The highest BCUT2D eigenvalue weighted by molar-refractivity contribution is 5.66. The maximum atomic E-state index is 9.60. The summed E-state index contributed by atoms with van der Waals surface area (Å²) in [5, 5.41) is 13.5. The lowest BCUT2D eigenvalue weighted by molar-refractivity contribution is -0.137. The number of hydrazone groups is 1. The van der Waals surface area contributed by atoms with E-state index in [1.807, 2.05) is 6.92 Å². The Balaban J connectivity index is 0. The van der Waals surface area contributed by atoms with Gasteiger partial charge in [0.15, 0.2) is 6.34 Å². The Hall–Kier alpha value is -1.46. The first-order valence-electron chi connectivity index (χ1n) is 2.99. The van der Waals surface area contributed by atoms with E-state index < -0.39 is 5.97 Å². The standard InChI is InChI=1S/C4H8O2.CH4N4/c1-2-3-4(5)6;2-4-1-5-3/h2-3H2,1H3,(H,5,6);1-2H,3H2/b;4-2?,5-1+. The summed E-state index contributed by atoms with van der Waals surface area (Å²) in [7, 11) is 0. The zero-order chi connectivity index (χ0) is 9.11. The monoisotopic (exact) mass is 160 g/mol. The van der Waals surface area contributed by atoms with E-state index in [-0.39, 0.29) is 0 Å². The average Bonchev–Trinajstić information content (AvgIpc) is 1.90. The molecule has 0 aromatic heterocycles. The quantitative estimate of drug-likeness (QED) is 0.186. The first-order valence-corrected chi connectivity index (χ1v) is 2.99. The molecular weight excluding hydrogens is 148 g/mol. The van der Waals surface area contributed by atoms with Crippen molar-refractivity contribution >= 4 is 12.3 Å². The third kappa shape index (κ3) is 29.1. The van der Waals surface area contributed by atoms with E-state index in [0.29, 0.717) is 6.42 Å². The molecule has 0 aliphatic heterocycles. The summed E-state index contributed by atoms with van der Waals surface area (Å²) in [5.41, 5.74) is 6.00. The van der Waals surface area contributed by atoms with Gasteiger partial charge in [0.1, 0.15) is 0 Å². The zero-order valence-corrected chi connectivity index (χ0v) is 6.32. The molecule has 0 fully saturated rings. The van der Waals surface area contributed by atoms with Crippen LogP contribution in [0.25, 0.3) is 0 Å². The number of carboxylic acid groups (broad SMARTS) is 1. The van der Waals surface area contributed by atoms with Gasteiger partial charge in [0.25, 0.3) is 0 Å². The average molecular weight is 160 g/mol. The van der Waals surface area contributed by atoms with Crippen LogP contribution in [0.1, 0.15) is 19.8 Å². The Bertz CT molecular complexity index is 134. The topological polar surface area (TPSA) is 112 Å². The molecule has 0 aliphatic rings. The van der Waals surface area contributed by atoms with Gasteiger partial charge in [-0.1, -0.05) is 6.92 Å². The van der Waals surface area contributed by atoms with E-state index in [1.54, 1.807) is 0 Å². The molecular formula is C5H12N4O2. The molecule has 4 N–H and O–H groups in total. The molecule has 0 aliphatic carbocycles. The van der Waals surface area contributed by atoms with Gasteiger partial charge in [-0.2, -0.15) is 5.10 Å². The Morgan fingerprint density at radius 2 is 2.36 bits per heavy atom. The van der Waals surface area contributed by atoms with Crippen LogP contribution in [0.15, 0.2) is 10.2 Å². The second-order valence-electron chi connectivity index (χ2n) is 1.54. The fourth-order valence-electron chi connectivity index (χ4n) is 0.247. The predicted molar refractivity (Wildman–Crippen MR) is 40.4 cm³/mol. The number of carbonyl (C=O) groups is 1. The lowest BCUT2D eigenvalue weighted by Gasteiger charge is -1.79. The molecule has 64 valence electrons. The van der Waals surface area contributed by atoms with Crippen molar-refractivity contribution in [3.63, 3.8) is 0 Å². The Labute approximate surface area is 64.6 Å². The maximum Gasteiger partial charge on any atom is 0.303 e. The highest BCUT2D eigenvalue weighted by atomic mass is 16.4. The SMILES string of the molecule is CCCC(=O)O.N=N/C=N/N. The summed E-state index contributed by atoms with van der Waals surface area (Å²) in [5.74, 6) is 3.78. The lowest BCUT2D eigenvalue weighted by atomic mass is 10.4. The molecule has 0 saturated heterocycles. The Morgan fingerprint density at radius 1 is 1.82 bits per heavy atom. The van der Waals surface area contributed by atoms with Crippen LogP contribution < -0.4 is 5.84 Å². The van der Waals surface area contributed by atoms with Gasteiger partial charge >= 0.3 is 5.97 Å². The fourth-order valence-corrected chi connectivity index (χ4v) is 0.247. The number of nitrogens with zero attached hydrogens (tertiary/aromatic N) is 2. The number of hydrogen-bond acceptors (Lipinski definition) is 4. The molecule has 0 unspecified atom stereocenters. The van der Waals surface area contributed by atoms with Gasteiger partial charge in [-0.05, 0) is 6.42 Å². The van der Waals surface area contributed by atoms with Crippen molar-refractivity contribution < 1.29 is 9.90 Å². The molecule has 0 bridgehead atoms. The van der Waals surface area contributed by atoms with Gasteiger partial charge in [0, 0.05) is 6.42 Å². The summed E-state index contributed by atoms with van der Waals surface area (Å²) in [6.07, 6.45) is 1.97. The van der Waals surface area contributed by atoms with Gasteiger partial charge in [-0.3, -0.25) is 4.79 Å². The number of aliphatic carboxylic acids is 1. The second-order valence-corrected chi connectivity index (χ2v) is 1.54. The first-order chi connectivity index (χ1) is 5.18. The Morgan fingerprint density at radius 3 is 2.36 bits per heavy atom.